The lowest BCUT2D eigenvalue weighted by molar-refractivity contribution is 0.223. The van der Waals surface area contributed by atoms with Crippen molar-refractivity contribution in [2.45, 2.75) is 50.5 Å². The molecule has 0 fully saturated rings. The number of aliphatic hydroxyl groups excluding tert-OH is 1. The Kier molecular flexibility index (Phi) is 7.41. The Bertz CT molecular complexity index is 675. The summed E-state index contributed by atoms with van der Waals surface area (Å²) in [5.41, 5.74) is 1.91. The summed E-state index contributed by atoms with van der Waals surface area (Å²) in [7, 11) is -1.35. The molecule has 2 nitrogen and oxygen atoms in total. The molecular formula is C21H26O2S. The van der Waals surface area contributed by atoms with E-state index in [0.717, 1.165) is 41.7 Å². The van der Waals surface area contributed by atoms with E-state index in [0.29, 0.717) is 4.91 Å². The molecule has 2 aromatic carbocycles. The van der Waals surface area contributed by atoms with Crippen LogP contribution in [-0.4, -0.2) is 9.32 Å². The molecule has 1 unspecified atom stereocenters. The van der Waals surface area contributed by atoms with Crippen LogP contribution in [0.1, 0.15) is 49.8 Å². The maximum Gasteiger partial charge on any atom is 0.112 e. The lowest BCUT2D eigenvalue weighted by atomic mass is 10.1. The van der Waals surface area contributed by atoms with Gasteiger partial charge < -0.3 is 5.11 Å². The number of aryl methyl sites for hydroxylation is 1. The van der Waals surface area contributed by atoms with Gasteiger partial charge in [-0.15, -0.1) is 0 Å². The number of rotatable bonds is 8. The van der Waals surface area contributed by atoms with Gasteiger partial charge in [0, 0.05) is 4.90 Å². The minimum absolute atomic E-state index is 0.584. The van der Waals surface area contributed by atoms with Crippen molar-refractivity contribution in [2.75, 3.05) is 0 Å². The molecule has 2 atom stereocenters. The minimum atomic E-state index is -1.35. The van der Waals surface area contributed by atoms with Crippen LogP contribution in [0.15, 0.2) is 70.5 Å². The summed E-state index contributed by atoms with van der Waals surface area (Å²) in [5, 5.41) is 10.8. The third-order valence-corrected chi connectivity index (χ3v) is 5.51. The van der Waals surface area contributed by atoms with Crippen molar-refractivity contribution in [3.05, 3.63) is 76.7 Å². The predicted octanol–water partition coefficient (Wildman–Crippen LogP) is 5.30. The van der Waals surface area contributed by atoms with Gasteiger partial charge in [0.05, 0.1) is 15.7 Å². The normalized spacial score (nSPS) is 14.4. The van der Waals surface area contributed by atoms with Crippen molar-refractivity contribution in [1.29, 1.82) is 0 Å². The molecule has 0 radical (unpaired) electrons. The molecule has 2 aromatic rings. The predicted molar refractivity (Wildman–Crippen MR) is 101 cm³/mol. The molecule has 2 rings (SSSR count). The van der Waals surface area contributed by atoms with Gasteiger partial charge in [-0.25, -0.2) is 4.21 Å². The lowest BCUT2D eigenvalue weighted by Gasteiger charge is -2.16. The molecule has 0 amide bonds. The van der Waals surface area contributed by atoms with E-state index in [1.807, 2.05) is 67.6 Å². The summed E-state index contributed by atoms with van der Waals surface area (Å²) in [5.74, 6) is 0. The molecule has 1 N–H and O–H groups in total. The molecule has 0 saturated heterocycles. The van der Waals surface area contributed by atoms with Gasteiger partial charge >= 0.3 is 0 Å². The number of allylic oxidation sites excluding steroid dienone is 1. The summed E-state index contributed by atoms with van der Waals surface area (Å²) in [4.78, 5) is 1.32. The first kappa shape index (κ1) is 18.6. The average Bonchev–Trinajstić information content (AvgIpc) is 2.62. The van der Waals surface area contributed by atoms with Crippen molar-refractivity contribution in [2.24, 2.45) is 0 Å². The molecule has 0 heterocycles. The van der Waals surface area contributed by atoms with E-state index in [1.165, 1.54) is 0 Å². The Morgan fingerprint density at radius 1 is 1.08 bits per heavy atom. The SMILES string of the molecule is CCCCC/C=C(\[C@H](O)c1ccccc1)S(=O)c1ccc(C)cc1. The van der Waals surface area contributed by atoms with Gasteiger partial charge in [-0.1, -0.05) is 73.9 Å². The highest BCUT2D eigenvalue weighted by Crippen LogP contribution is 2.28. The van der Waals surface area contributed by atoms with Crippen LogP contribution >= 0.6 is 0 Å². The Hall–Kier alpha value is -1.71. The topological polar surface area (TPSA) is 37.3 Å². The molecule has 0 saturated carbocycles. The first-order valence-electron chi connectivity index (χ1n) is 8.55. The van der Waals surface area contributed by atoms with Gasteiger partial charge in [-0.3, -0.25) is 0 Å². The summed E-state index contributed by atoms with van der Waals surface area (Å²) >= 11 is 0. The number of aliphatic hydroxyl groups is 1. The Balaban J connectivity index is 2.28. The fourth-order valence-electron chi connectivity index (χ4n) is 2.52. The van der Waals surface area contributed by atoms with Crippen molar-refractivity contribution < 1.29 is 9.32 Å². The van der Waals surface area contributed by atoms with Crippen LogP contribution in [0.3, 0.4) is 0 Å². The van der Waals surface area contributed by atoms with E-state index in [9.17, 15) is 9.32 Å². The van der Waals surface area contributed by atoms with Crippen molar-refractivity contribution in [3.63, 3.8) is 0 Å². The second kappa shape index (κ2) is 9.55. The van der Waals surface area contributed by atoms with Crippen molar-refractivity contribution in [1.82, 2.24) is 0 Å². The smallest absolute Gasteiger partial charge is 0.112 e. The summed E-state index contributed by atoms with van der Waals surface area (Å²) < 4.78 is 13.0. The lowest BCUT2D eigenvalue weighted by Crippen LogP contribution is -2.08. The number of unbranched alkanes of at least 4 members (excludes halogenated alkanes) is 3. The van der Waals surface area contributed by atoms with Crippen LogP contribution in [0.2, 0.25) is 0 Å². The molecular weight excluding hydrogens is 316 g/mol. The number of hydrogen-bond donors (Lipinski definition) is 1. The second-order valence-electron chi connectivity index (χ2n) is 6.00. The van der Waals surface area contributed by atoms with Gasteiger partial charge in [0.25, 0.3) is 0 Å². The van der Waals surface area contributed by atoms with Crippen molar-refractivity contribution in [3.8, 4) is 0 Å². The number of benzene rings is 2. The summed E-state index contributed by atoms with van der Waals surface area (Å²) in [6.45, 7) is 4.17. The fourth-order valence-corrected chi connectivity index (χ4v) is 3.79. The van der Waals surface area contributed by atoms with Gasteiger partial charge in [-0.05, 0) is 37.5 Å². The van der Waals surface area contributed by atoms with Crippen LogP contribution < -0.4 is 0 Å². The van der Waals surface area contributed by atoms with Crippen LogP contribution in [0.25, 0.3) is 0 Å². The zero-order chi connectivity index (χ0) is 17.4. The zero-order valence-corrected chi connectivity index (χ0v) is 15.3. The molecule has 128 valence electrons. The molecule has 24 heavy (non-hydrogen) atoms. The summed E-state index contributed by atoms with van der Waals surface area (Å²) in [6.07, 6.45) is 5.30. The van der Waals surface area contributed by atoms with E-state index in [2.05, 4.69) is 6.92 Å². The zero-order valence-electron chi connectivity index (χ0n) is 14.4. The molecule has 3 heteroatoms. The second-order valence-corrected chi connectivity index (χ2v) is 7.48. The Labute approximate surface area is 147 Å². The van der Waals surface area contributed by atoms with Crippen LogP contribution in [0, 0.1) is 6.92 Å². The van der Waals surface area contributed by atoms with Gasteiger partial charge in [0.1, 0.15) is 6.10 Å². The molecule has 0 bridgehead atoms. The maximum atomic E-state index is 13.0. The standard InChI is InChI=1S/C21H26O2S/c1-3-4-5-9-12-20(21(22)18-10-7-6-8-11-18)24(23)19-15-13-17(2)14-16-19/h6-8,10-16,21-22H,3-5,9H2,1-2H3/b20-12+/t21-,24?/m1/s1. The highest BCUT2D eigenvalue weighted by atomic mass is 32.2. The van der Waals surface area contributed by atoms with Crippen LogP contribution in [0.5, 0.6) is 0 Å². The van der Waals surface area contributed by atoms with Crippen LogP contribution in [-0.2, 0) is 10.8 Å². The Morgan fingerprint density at radius 3 is 2.38 bits per heavy atom. The summed E-state index contributed by atoms with van der Waals surface area (Å²) in [6, 6.07) is 17.1. The first-order valence-corrected chi connectivity index (χ1v) is 9.70. The highest BCUT2D eigenvalue weighted by Gasteiger charge is 2.20. The molecule has 0 aliphatic heterocycles. The largest absolute Gasteiger partial charge is 0.383 e. The molecule has 0 spiro atoms. The fraction of sp³-hybridized carbons (Fsp3) is 0.333. The van der Waals surface area contributed by atoms with E-state index in [1.54, 1.807) is 0 Å². The first-order chi connectivity index (χ1) is 11.6. The molecule has 0 aliphatic carbocycles. The van der Waals surface area contributed by atoms with E-state index in [4.69, 9.17) is 0 Å². The third kappa shape index (κ3) is 5.15. The third-order valence-electron chi connectivity index (χ3n) is 3.99. The number of hydrogen-bond acceptors (Lipinski definition) is 2. The molecule has 0 aliphatic rings. The van der Waals surface area contributed by atoms with Crippen molar-refractivity contribution >= 4 is 10.8 Å². The Morgan fingerprint density at radius 2 is 1.75 bits per heavy atom. The van der Waals surface area contributed by atoms with E-state index >= 15 is 0 Å². The monoisotopic (exact) mass is 342 g/mol. The minimum Gasteiger partial charge on any atom is -0.383 e. The van der Waals surface area contributed by atoms with E-state index < -0.39 is 16.9 Å². The highest BCUT2D eigenvalue weighted by molar-refractivity contribution is 7.89. The van der Waals surface area contributed by atoms with Gasteiger partial charge in [0.2, 0.25) is 0 Å². The van der Waals surface area contributed by atoms with Crippen LogP contribution in [0.4, 0.5) is 0 Å². The molecule has 0 aromatic heterocycles. The van der Waals surface area contributed by atoms with Gasteiger partial charge in [0.15, 0.2) is 0 Å². The van der Waals surface area contributed by atoms with E-state index in [-0.39, 0.29) is 0 Å². The maximum absolute atomic E-state index is 13.0. The van der Waals surface area contributed by atoms with Gasteiger partial charge in [-0.2, -0.15) is 0 Å². The average molecular weight is 343 g/mol. The quantitative estimate of drug-likeness (QED) is 0.661.